The minimum Gasteiger partial charge on any atom is -0.494 e. The molecule has 0 radical (unpaired) electrons. The van der Waals surface area contributed by atoms with E-state index < -0.39 is 40.5 Å². The van der Waals surface area contributed by atoms with Crippen LogP contribution in [0.2, 0.25) is 0 Å². The summed E-state index contributed by atoms with van der Waals surface area (Å²) in [4.78, 5) is 13.3. The summed E-state index contributed by atoms with van der Waals surface area (Å²) in [6.07, 6.45) is -2.76. The highest BCUT2D eigenvalue weighted by Crippen LogP contribution is 2.64. The van der Waals surface area contributed by atoms with E-state index in [0.717, 1.165) is 25.7 Å². The van der Waals surface area contributed by atoms with Crippen LogP contribution < -0.4 is 4.74 Å². The molecule has 0 spiro atoms. The molecule has 0 amide bonds. The van der Waals surface area contributed by atoms with Crippen LogP contribution in [0.3, 0.4) is 0 Å². The van der Waals surface area contributed by atoms with Gasteiger partial charge in [-0.3, -0.25) is 4.79 Å². The van der Waals surface area contributed by atoms with Gasteiger partial charge in [0.25, 0.3) is 0 Å². The number of rotatable bonds is 12. The van der Waals surface area contributed by atoms with E-state index in [0.29, 0.717) is 48.7 Å². The van der Waals surface area contributed by atoms with E-state index in [-0.39, 0.29) is 28.3 Å². The molecule has 248 valence electrons. The molecule has 0 saturated heterocycles. The van der Waals surface area contributed by atoms with Crippen molar-refractivity contribution in [3.05, 3.63) is 65.2 Å². The first-order chi connectivity index (χ1) is 21.1. The fraction of sp³-hybridized carbons (Fsp3) is 0.618. The zero-order valence-electron chi connectivity index (χ0n) is 25.3. The minimum absolute atomic E-state index is 0.0868. The SMILES string of the molecule is C[C@]12C[C@H](c3ccc(OCCCCCS(=O)(=O)CCCC(F)(F)C(F)(F)F)cc3)[C@@H]3c4ccccc4CC[C@H]3[C@@H]1C[C@@H](Br)C2=O. The van der Waals surface area contributed by atoms with E-state index in [1.54, 1.807) is 0 Å². The Balaban J connectivity index is 1.14. The van der Waals surface area contributed by atoms with Crippen molar-refractivity contribution in [1.82, 2.24) is 0 Å². The Morgan fingerprint density at radius 2 is 1.64 bits per heavy atom. The third-order valence-corrected chi connectivity index (χ3v) is 13.0. The molecule has 3 aliphatic carbocycles. The van der Waals surface area contributed by atoms with Crippen LogP contribution in [0.4, 0.5) is 22.0 Å². The van der Waals surface area contributed by atoms with Crippen LogP contribution in [-0.4, -0.2) is 49.2 Å². The van der Waals surface area contributed by atoms with E-state index in [1.165, 1.54) is 16.7 Å². The summed E-state index contributed by atoms with van der Waals surface area (Å²) in [6, 6.07) is 16.8. The second-order valence-corrected chi connectivity index (χ2v) is 16.7. The number of sulfone groups is 1. The first-order valence-corrected chi connectivity index (χ1v) is 18.5. The van der Waals surface area contributed by atoms with Gasteiger partial charge in [-0.15, -0.1) is 0 Å². The summed E-state index contributed by atoms with van der Waals surface area (Å²) in [5.74, 6) is -3.47. The number of halogens is 6. The number of hydrogen-bond acceptors (Lipinski definition) is 4. The van der Waals surface area contributed by atoms with Gasteiger partial charge in [-0.25, -0.2) is 8.42 Å². The Hall–Kier alpha value is -2.01. The molecule has 0 bridgehead atoms. The molecule has 2 saturated carbocycles. The molecule has 4 nitrogen and oxygen atoms in total. The summed E-state index contributed by atoms with van der Waals surface area (Å²) < 4.78 is 92.9. The van der Waals surface area contributed by atoms with Gasteiger partial charge in [0.05, 0.1) is 22.9 Å². The monoisotopic (exact) mass is 718 g/mol. The van der Waals surface area contributed by atoms with Crippen molar-refractivity contribution in [3.8, 4) is 5.75 Å². The van der Waals surface area contributed by atoms with Crippen LogP contribution in [0, 0.1) is 17.3 Å². The number of Topliss-reactive ketones (excluding diaryl/α,β-unsaturated/α-hetero) is 1. The fourth-order valence-electron chi connectivity index (χ4n) is 8.08. The van der Waals surface area contributed by atoms with Crippen molar-refractivity contribution in [1.29, 1.82) is 0 Å². The van der Waals surface area contributed by atoms with Crippen LogP contribution in [0.25, 0.3) is 0 Å². The van der Waals surface area contributed by atoms with Gasteiger partial charge < -0.3 is 4.74 Å². The molecular weight excluding hydrogens is 679 g/mol. The molecule has 2 fully saturated rings. The standard InChI is InChI=1S/C34H40BrF5O4S/c1-32-21-27(30-25-9-4-3-8-22(25)12-15-26(30)28(32)20-29(35)31(32)41)23-10-13-24(14-11-23)44-17-5-2-6-18-45(42,43)19-7-16-33(36,37)34(38,39)40/h3-4,8-11,13-14,26-30H,2,5-7,12,15-21H2,1H3/t26-,27+,28-,29+,30+,32-/m0/s1. The van der Waals surface area contributed by atoms with E-state index in [2.05, 4.69) is 59.3 Å². The molecule has 0 N–H and O–H groups in total. The van der Waals surface area contributed by atoms with Crippen molar-refractivity contribution >= 4 is 31.6 Å². The maximum atomic E-state index is 13.4. The second kappa shape index (κ2) is 13.2. The topological polar surface area (TPSA) is 60.4 Å². The van der Waals surface area contributed by atoms with Gasteiger partial charge in [0.1, 0.15) is 15.6 Å². The normalized spacial score (nSPS) is 28.3. The number of hydrogen-bond donors (Lipinski definition) is 0. The van der Waals surface area contributed by atoms with E-state index in [9.17, 15) is 35.2 Å². The molecule has 0 aliphatic heterocycles. The number of alkyl halides is 6. The third-order valence-electron chi connectivity index (χ3n) is 10.4. The van der Waals surface area contributed by atoms with Gasteiger partial charge in [-0.2, -0.15) is 22.0 Å². The highest BCUT2D eigenvalue weighted by atomic mass is 79.9. The van der Waals surface area contributed by atoms with Crippen LogP contribution in [0.1, 0.15) is 86.8 Å². The molecule has 2 aromatic rings. The van der Waals surface area contributed by atoms with Gasteiger partial charge >= 0.3 is 12.1 Å². The summed E-state index contributed by atoms with van der Waals surface area (Å²) >= 11 is 3.68. The average molecular weight is 720 g/mol. The smallest absolute Gasteiger partial charge is 0.453 e. The van der Waals surface area contributed by atoms with Crippen LogP contribution in [-0.2, 0) is 21.1 Å². The number of aryl methyl sites for hydroxylation is 1. The number of unbranched alkanes of at least 4 members (excludes halogenated alkanes) is 2. The molecular formula is C34H40BrF5O4S. The minimum atomic E-state index is -5.67. The summed E-state index contributed by atoms with van der Waals surface area (Å²) in [7, 11) is -3.71. The lowest BCUT2D eigenvalue weighted by Crippen LogP contribution is -2.46. The number of ether oxygens (including phenoxy) is 1. The second-order valence-electron chi connectivity index (χ2n) is 13.3. The predicted molar refractivity (Wildman–Crippen MR) is 167 cm³/mol. The first kappa shape index (κ1) is 34.3. The molecule has 0 heterocycles. The Morgan fingerprint density at radius 3 is 2.36 bits per heavy atom. The highest BCUT2D eigenvalue weighted by molar-refractivity contribution is 9.10. The molecule has 5 rings (SSSR count). The van der Waals surface area contributed by atoms with Crippen molar-refractivity contribution in [2.24, 2.45) is 17.3 Å². The van der Waals surface area contributed by atoms with Crippen LogP contribution in [0.5, 0.6) is 5.75 Å². The van der Waals surface area contributed by atoms with Gasteiger partial charge in [0, 0.05) is 11.8 Å². The van der Waals surface area contributed by atoms with Crippen molar-refractivity contribution in [2.45, 2.75) is 93.5 Å². The number of ketones is 1. The molecule has 3 aliphatic rings. The predicted octanol–water partition coefficient (Wildman–Crippen LogP) is 8.82. The third kappa shape index (κ3) is 7.29. The number of carbonyl (C=O) groups is 1. The number of fused-ring (bicyclic) bond motifs is 5. The lowest BCUT2D eigenvalue weighted by molar-refractivity contribution is -0.284. The quantitative estimate of drug-likeness (QED) is 0.125. The fourth-order valence-corrected chi connectivity index (χ4v) is 10.4. The maximum absolute atomic E-state index is 13.4. The van der Waals surface area contributed by atoms with Crippen molar-refractivity contribution in [3.63, 3.8) is 0 Å². The van der Waals surface area contributed by atoms with Crippen molar-refractivity contribution in [2.75, 3.05) is 18.1 Å². The zero-order valence-corrected chi connectivity index (χ0v) is 27.7. The Bertz CT molecular complexity index is 1460. The van der Waals surface area contributed by atoms with Gasteiger partial charge in [0.15, 0.2) is 5.78 Å². The van der Waals surface area contributed by atoms with E-state index in [4.69, 9.17) is 4.74 Å². The molecule has 11 heteroatoms. The molecule has 0 aromatic heterocycles. The van der Waals surface area contributed by atoms with Crippen molar-refractivity contribution < 1.29 is 39.9 Å². The number of carbonyl (C=O) groups excluding carboxylic acids is 1. The summed E-state index contributed by atoms with van der Waals surface area (Å²) in [6.45, 7) is 2.53. The maximum Gasteiger partial charge on any atom is 0.453 e. The molecule has 6 atom stereocenters. The van der Waals surface area contributed by atoms with Crippen LogP contribution >= 0.6 is 15.9 Å². The Morgan fingerprint density at radius 1 is 0.956 bits per heavy atom. The van der Waals surface area contributed by atoms with Crippen LogP contribution in [0.15, 0.2) is 48.5 Å². The zero-order chi connectivity index (χ0) is 32.6. The lowest BCUT2D eigenvalue weighted by Gasteiger charge is -2.52. The molecule has 0 unspecified atom stereocenters. The van der Waals surface area contributed by atoms with E-state index in [1.807, 2.05) is 12.1 Å². The average Bonchev–Trinajstić information content (AvgIpc) is 3.21. The summed E-state index contributed by atoms with van der Waals surface area (Å²) in [5.41, 5.74) is 3.65. The van der Waals surface area contributed by atoms with Gasteiger partial charge in [-0.1, -0.05) is 59.3 Å². The van der Waals surface area contributed by atoms with E-state index >= 15 is 0 Å². The molecule has 2 aromatic carbocycles. The van der Waals surface area contributed by atoms with Gasteiger partial charge in [0.2, 0.25) is 0 Å². The first-order valence-electron chi connectivity index (χ1n) is 15.8. The summed E-state index contributed by atoms with van der Waals surface area (Å²) in [5, 5.41) is 0. The number of benzene rings is 2. The highest BCUT2D eigenvalue weighted by Gasteiger charge is 2.60. The molecule has 45 heavy (non-hydrogen) atoms. The lowest BCUT2D eigenvalue weighted by atomic mass is 9.51. The Kier molecular flexibility index (Phi) is 10.1. The largest absolute Gasteiger partial charge is 0.494 e. The Labute approximate surface area is 270 Å². The van der Waals surface area contributed by atoms with Gasteiger partial charge in [-0.05, 0) is 104 Å².